The van der Waals surface area contributed by atoms with Gasteiger partial charge in [-0.15, -0.1) is 22.7 Å². The third kappa shape index (κ3) is 7.06. The number of ether oxygens (including phenoxy) is 1. The molecule has 0 aliphatic rings. The van der Waals surface area contributed by atoms with Gasteiger partial charge >= 0.3 is 5.97 Å². The Bertz CT molecular complexity index is 761. The fourth-order valence-electron chi connectivity index (χ4n) is 2.27. The van der Waals surface area contributed by atoms with E-state index in [0.717, 1.165) is 40.6 Å². The number of thioether (sulfide) groups is 1. The Hall–Kier alpha value is -1.65. The highest BCUT2D eigenvalue weighted by Crippen LogP contribution is 2.24. The van der Waals surface area contributed by atoms with E-state index in [9.17, 15) is 4.79 Å². The van der Waals surface area contributed by atoms with Crippen molar-refractivity contribution in [2.24, 2.45) is 4.99 Å². The number of esters is 1. The number of guanidine groups is 1. The van der Waals surface area contributed by atoms with Crippen molar-refractivity contribution in [1.29, 1.82) is 0 Å². The molecule has 0 radical (unpaired) electrons. The minimum atomic E-state index is -0.311. The van der Waals surface area contributed by atoms with E-state index in [4.69, 9.17) is 4.74 Å². The number of aryl methyl sites for hydroxylation is 1. The zero-order valence-corrected chi connectivity index (χ0v) is 19.1. The summed E-state index contributed by atoms with van der Waals surface area (Å²) in [7, 11) is 0. The lowest BCUT2D eigenvalue weighted by molar-refractivity contribution is 0.0531. The highest BCUT2D eigenvalue weighted by molar-refractivity contribution is 8.00. The summed E-state index contributed by atoms with van der Waals surface area (Å²) in [5, 5.41) is 9.45. The van der Waals surface area contributed by atoms with Crippen LogP contribution in [0.25, 0.3) is 0 Å². The van der Waals surface area contributed by atoms with Crippen LogP contribution in [0, 0.1) is 6.92 Å². The normalized spacial score (nSPS) is 12.6. The van der Waals surface area contributed by atoms with E-state index >= 15 is 0 Å². The summed E-state index contributed by atoms with van der Waals surface area (Å²) in [6.45, 7) is 9.54. The minimum absolute atomic E-state index is 0.0608. The highest BCUT2D eigenvalue weighted by Gasteiger charge is 2.20. The average Bonchev–Trinajstić information content (AvgIpc) is 3.31. The van der Waals surface area contributed by atoms with Crippen LogP contribution in [-0.2, 0) is 4.74 Å². The second kappa shape index (κ2) is 12.0. The van der Waals surface area contributed by atoms with Gasteiger partial charge in [0.05, 0.1) is 18.3 Å². The SMILES string of the molecule is CCNC(=NCCCSc1nccs1)NC(C)c1nc(C)c(C(=O)OCC)s1. The Morgan fingerprint density at radius 3 is 2.93 bits per heavy atom. The summed E-state index contributed by atoms with van der Waals surface area (Å²) in [6.07, 6.45) is 2.80. The molecule has 2 rings (SSSR count). The molecule has 0 fully saturated rings. The number of aromatic nitrogens is 2. The summed E-state index contributed by atoms with van der Waals surface area (Å²) in [5.74, 6) is 1.43. The zero-order valence-electron chi connectivity index (χ0n) is 16.7. The molecular formula is C18H27N5O2S3. The fourth-order valence-corrected chi connectivity index (χ4v) is 4.87. The van der Waals surface area contributed by atoms with Crippen LogP contribution in [0.2, 0.25) is 0 Å². The van der Waals surface area contributed by atoms with Gasteiger partial charge in [-0.1, -0.05) is 11.8 Å². The highest BCUT2D eigenvalue weighted by atomic mass is 32.2. The molecule has 0 saturated carbocycles. The lowest BCUT2D eigenvalue weighted by Crippen LogP contribution is -2.38. The van der Waals surface area contributed by atoms with Crippen molar-refractivity contribution < 1.29 is 9.53 Å². The van der Waals surface area contributed by atoms with Gasteiger partial charge in [-0.25, -0.2) is 14.8 Å². The summed E-state index contributed by atoms with van der Waals surface area (Å²) < 4.78 is 6.19. The van der Waals surface area contributed by atoms with E-state index in [1.54, 1.807) is 30.0 Å². The first-order valence-corrected chi connectivity index (χ1v) is 11.9. The molecule has 7 nitrogen and oxygen atoms in total. The molecular weight excluding hydrogens is 414 g/mol. The summed E-state index contributed by atoms with van der Waals surface area (Å²) >= 11 is 4.79. The molecule has 2 N–H and O–H groups in total. The summed E-state index contributed by atoms with van der Waals surface area (Å²) in [5.41, 5.74) is 0.702. The molecule has 0 aliphatic heterocycles. The van der Waals surface area contributed by atoms with Crippen molar-refractivity contribution >= 4 is 46.4 Å². The van der Waals surface area contributed by atoms with Crippen LogP contribution >= 0.6 is 34.4 Å². The lowest BCUT2D eigenvalue weighted by atomic mass is 10.3. The smallest absolute Gasteiger partial charge is 0.350 e. The Kier molecular flexibility index (Phi) is 9.72. The number of thiazole rings is 2. The molecule has 2 aromatic rings. The van der Waals surface area contributed by atoms with Crippen molar-refractivity contribution in [3.05, 3.63) is 27.2 Å². The monoisotopic (exact) mass is 441 g/mol. The number of hydrogen-bond acceptors (Lipinski definition) is 8. The molecule has 2 heterocycles. The van der Waals surface area contributed by atoms with Crippen LogP contribution in [0.3, 0.4) is 0 Å². The summed E-state index contributed by atoms with van der Waals surface area (Å²) in [6, 6.07) is -0.0608. The third-order valence-electron chi connectivity index (χ3n) is 3.55. The first kappa shape index (κ1) is 22.6. The van der Waals surface area contributed by atoms with Gasteiger partial charge in [0.2, 0.25) is 0 Å². The minimum Gasteiger partial charge on any atom is -0.462 e. The van der Waals surface area contributed by atoms with Crippen LogP contribution in [0.15, 0.2) is 20.9 Å². The molecule has 28 heavy (non-hydrogen) atoms. The van der Waals surface area contributed by atoms with Gasteiger partial charge in [0.15, 0.2) is 5.96 Å². The van der Waals surface area contributed by atoms with Crippen LogP contribution in [0.4, 0.5) is 0 Å². The average molecular weight is 442 g/mol. The maximum atomic E-state index is 12.0. The largest absolute Gasteiger partial charge is 0.462 e. The van der Waals surface area contributed by atoms with E-state index in [-0.39, 0.29) is 12.0 Å². The number of carbonyl (C=O) groups excluding carboxylic acids is 1. The van der Waals surface area contributed by atoms with Gasteiger partial charge in [0.25, 0.3) is 0 Å². The fraction of sp³-hybridized carbons (Fsp3) is 0.556. The number of rotatable bonds is 10. The predicted molar refractivity (Wildman–Crippen MR) is 118 cm³/mol. The van der Waals surface area contributed by atoms with E-state index in [2.05, 4.69) is 25.6 Å². The van der Waals surface area contributed by atoms with Crippen molar-refractivity contribution in [2.45, 2.75) is 44.5 Å². The second-order valence-electron chi connectivity index (χ2n) is 5.81. The van der Waals surface area contributed by atoms with Crippen molar-refractivity contribution in [2.75, 3.05) is 25.4 Å². The van der Waals surface area contributed by atoms with E-state index in [1.807, 2.05) is 32.3 Å². The Labute approximate surface area is 178 Å². The number of nitrogens with zero attached hydrogens (tertiary/aromatic N) is 3. The maximum Gasteiger partial charge on any atom is 0.350 e. The second-order valence-corrected chi connectivity index (χ2v) is 9.08. The molecule has 10 heteroatoms. The van der Waals surface area contributed by atoms with Crippen LogP contribution < -0.4 is 10.6 Å². The van der Waals surface area contributed by atoms with Gasteiger partial charge < -0.3 is 15.4 Å². The third-order valence-corrected chi connectivity index (χ3v) is 6.92. The van der Waals surface area contributed by atoms with Gasteiger partial charge in [-0.3, -0.25) is 4.99 Å². The van der Waals surface area contributed by atoms with E-state index < -0.39 is 0 Å². The molecule has 154 valence electrons. The number of hydrogen-bond donors (Lipinski definition) is 2. The van der Waals surface area contributed by atoms with Crippen molar-refractivity contribution in [3.63, 3.8) is 0 Å². The molecule has 0 saturated heterocycles. The van der Waals surface area contributed by atoms with Crippen molar-refractivity contribution in [1.82, 2.24) is 20.6 Å². The molecule has 0 amide bonds. The zero-order chi connectivity index (χ0) is 20.4. The van der Waals surface area contributed by atoms with E-state index in [1.165, 1.54) is 11.3 Å². The van der Waals surface area contributed by atoms with Gasteiger partial charge in [-0.05, 0) is 34.1 Å². The van der Waals surface area contributed by atoms with Crippen LogP contribution in [0.5, 0.6) is 0 Å². The molecule has 1 atom stereocenters. The molecule has 0 aromatic carbocycles. The maximum absolute atomic E-state index is 12.0. The molecule has 0 aliphatic carbocycles. The first-order chi connectivity index (χ1) is 13.5. The molecule has 0 bridgehead atoms. The standard InChI is InChI=1S/C18H27N5O2S3/c1-5-19-17(20-8-7-10-26-18-21-9-11-27-18)23-13(4)15-22-12(3)14(28-15)16(24)25-6-2/h9,11,13H,5-8,10H2,1-4H3,(H2,19,20,23). The number of nitrogens with one attached hydrogen (secondary N) is 2. The topological polar surface area (TPSA) is 88.5 Å². The Morgan fingerprint density at radius 2 is 2.25 bits per heavy atom. The van der Waals surface area contributed by atoms with Crippen LogP contribution in [-0.4, -0.2) is 47.3 Å². The summed E-state index contributed by atoms with van der Waals surface area (Å²) in [4.78, 5) is 26.0. The number of aliphatic imine (C=N–C) groups is 1. The number of carbonyl (C=O) groups is 1. The molecule has 1 unspecified atom stereocenters. The van der Waals surface area contributed by atoms with Crippen molar-refractivity contribution in [3.8, 4) is 0 Å². The van der Waals surface area contributed by atoms with Crippen LogP contribution in [0.1, 0.15) is 53.6 Å². The molecule has 0 spiro atoms. The predicted octanol–water partition coefficient (Wildman–Crippen LogP) is 3.88. The van der Waals surface area contributed by atoms with Gasteiger partial charge in [-0.2, -0.15) is 0 Å². The first-order valence-electron chi connectivity index (χ1n) is 9.26. The van der Waals surface area contributed by atoms with Gasteiger partial charge in [0, 0.05) is 30.4 Å². The Morgan fingerprint density at radius 1 is 1.43 bits per heavy atom. The molecule has 2 aromatic heterocycles. The quantitative estimate of drug-likeness (QED) is 0.190. The lowest BCUT2D eigenvalue weighted by Gasteiger charge is -2.16. The Balaban J connectivity index is 1.89. The van der Waals surface area contributed by atoms with Gasteiger partial charge in [0.1, 0.15) is 14.2 Å². The van der Waals surface area contributed by atoms with E-state index in [0.29, 0.717) is 17.2 Å².